The Balaban J connectivity index is 2.31. The molecule has 2 rings (SSSR count). The van der Waals surface area contributed by atoms with Gasteiger partial charge in [0.1, 0.15) is 30.2 Å². The monoisotopic (exact) mass is 330 g/mol. The van der Waals surface area contributed by atoms with Crippen molar-refractivity contribution in [1.29, 1.82) is 0 Å². The molecule has 9 nitrogen and oxygen atoms in total. The quantitative estimate of drug-likeness (QED) is 0.344. The molecule has 0 amide bonds. The molecule has 23 heavy (non-hydrogen) atoms. The summed E-state index contributed by atoms with van der Waals surface area (Å²) in [5, 5.41) is 48.1. The van der Waals surface area contributed by atoms with Crippen molar-refractivity contribution in [3.8, 4) is 5.75 Å². The van der Waals surface area contributed by atoms with Crippen molar-refractivity contribution in [2.75, 3.05) is 6.61 Å². The van der Waals surface area contributed by atoms with Gasteiger partial charge in [-0.1, -0.05) is 0 Å². The molecule has 1 aliphatic rings. The lowest BCUT2D eigenvalue weighted by atomic mass is 9.99. The third kappa shape index (κ3) is 3.45. The molecule has 9 heteroatoms. The molecule has 1 saturated heterocycles. The molecule has 0 bridgehead atoms. The Morgan fingerprint density at radius 2 is 1.91 bits per heavy atom. The van der Waals surface area contributed by atoms with Gasteiger partial charge in [-0.05, 0) is 6.92 Å². The number of aliphatic hydroxyl groups excluding tert-OH is 5. The number of nitrogens with zero attached hydrogens (tertiary/aromatic N) is 1. The minimum Gasteiger partial charge on any atom is -0.460 e. The van der Waals surface area contributed by atoms with Crippen LogP contribution in [-0.4, -0.2) is 67.8 Å². The lowest BCUT2D eigenvalue weighted by Crippen LogP contribution is -2.60. The number of aliphatic hydroxyl groups is 5. The fourth-order valence-electron chi connectivity index (χ4n) is 2.47. The van der Waals surface area contributed by atoms with E-state index in [0.717, 1.165) is 0 Å². The molecule has 0 radical (unpaired) electrons. The van der Waals surface area contributed by atoms with E-state index in [4.69, 9.17) is 15.2 Å². The lowest BCUT2D eigenvalue weighted by Gasteiger charge is -2.39. The second-order valence-corrected chi connectivity index (χ2v) is 5.35. The van der Waals surface area contributed by atoms with Crippen LogP contribution < -0.4 is 10.5 Å². The SMILES string of the molecule is Cc1ncc(CO)c(CN)c1O[C@@H]1O[C@H](CO)[C@@H](O)[C@H](O)[C@H]1O. The topological polar surface area (TPSA) is 159 Å². The van der Waals surface area contributed by atoms with Crippen molar-refractivity contribution in [2.45, 2.75) is 50.8 Å². The molecule has 0 aliphatic carbocycles. The molecule has 1 aliphatic heterocycles. The third-order valence-corrected chi connectivity index (χ3v) is 3.86. The van der Waals surface area contributed by atoms with Crippen LogP contribution in [0.4, 0.5) is 0 Å². The molecule has 7 N–H and O–H groups in total. The second kappa shape index (κ2) is 7.49. The number of aryl methyl sites for hydroxylation is 1. The van der Waals surface area contributed by atoms with Crippen molar-refractivity contribution < 1.29 is 35.0 Å². The van der Waals surface area contributed by atoms with Crippen molar-refractivity contribution in [3.05, 3.63) is 23.0 Å². The van der Waals surface area contributed by atoms with Crippen LogP contribution in [0.15, 0.2) is 6.20 Å². The van der Waals surface area contributed by atoms with Gasteiger partial charge in [-0.25, -0.2) is 0 Å². The first-order valence-electron chi connectivity index (χ1n) is 7.20. The van der Waals surface area contributed by atoms with Crippen LogP contribution in [0.25, 0.3) is 0 Å². The molecule has 0 spiro atoms. The zero-order chi connectivity index (χ0) is 17.1. The normalized spacial score (nSPS) is 31.2. The van der Waals surface area contributed by atoms with E-state index in [-0.39, 0.29) is 18.9 Å². The van der Waals surface area contributed by atoms with Crippen LogP contribution in [0.5, 0.6) is 5.75 Å². The zero-order valence-electron chi connectivity index (χ0n) is 12.7. The molecular weight excluding hydrogens is 308 g/mol. The minimum absolute atomic E-state index is 0.0615. The van der Waals surface area contributed by atoms with Crippen molar-refractivity contribution >= 4 is 0 Å². The zero-order valence-corrected chi connectivity index (χ0v) is 12.7. The van der Waals surface area contributed by atoms with Gasteiger partial charge in [0.05, 0.1) is 18.9 Å². The Kier molecular flexibility index (Phi) is 5.87. The number of hydrogen-bond acceptors (Lipinski definition) is 9. The summed E-state index contributed by atoms with van der Waals surface area (Å²) in [5.74, 6) is 0.225. The van der Waals surface area contributed by atoms with Crippen LogP contribution in [0, 0.1) is 6.92 Å². The van der Waals surface area contributed by atoms with Gasteiger partial charge in [0.2, 0.25) is 6.29 Å². The third-order valence-electron chi connectivity index (χ3n) is 3.86. The average Bonchev–Trinajstić information content (AvgIpc) is 2.56. The predicted molar refractivity (Wildman–Crippen MR) is 77.2 cm³/mol. The standard InChI is InChI=1S/C14H22N2O7/c1-6-13(8(2-15)7(4-17)3-16-6)23-14-12(21)11(20)10(19)9(5-18)22-14/h3,9-12,14,17-21H,2,4-5,15H2,1H3/t9-,10-,11+,12-,14+/m1/s1. The van der Waals surface area contributed by atoms with Crippen molar-refractivity contribution in [3.63, 3.8) is 0 Å². The molecular formula is C14H22N2O7. The van der Waals surface area contributed by atoms with Gasteiger partial charge in [0.15, 0.2) is 0 Å². The van der Waals surface area contributed by atoms with E-state index in [1.54, 1.807) is 6.92 Å². The van der Waals surface area contributed by atoms with E-state index in [0.29, 0.717) is 16.8 Å². The molecule has 0 unspecified atom stereocenters. The molecule has 1 aromatic heterocycles. The first-order valence-corrected chi connectivity index (χ1v) is 7.20. The lowest BCUT2D eigenvalue weighted by molar-refractivity contribution is -0.277. The maximum Gasteiger partial charge on any atom is 0.229 e. The molecule has 2 heterocycles. The van der Waals surface area contributed by atoms with Crippen LogP contribution in [0.2, 0.25) is 0 Å². The van der Waals surface area contributed by atoms with Crippen molar-refractivity contribution in [2.24, 2.45) is 5.73 Å². The Bertz CT molecular complexity index is 540. The van der Waals surface area contributed by atoms with Crippen LogP contribution in [0.1, 0.15) is 16.8 Å². The molecule has 0 aromatic carbocycles. The summed E-state index contributed by atoms with van der Waals surface area (Å²) in [7, 11) is 0. The first kappa shape index (κ1) is 18.0. The molecule has 5 atom stereocenters. The average molecular weight is 330 g/mol. The summed E-state index contributed by atoms with van der Waals surface area (Å²) in [6.45, 7) is 0.874. The highest BCUT2D eigenvalue weighted by atomic mass is 16.7. The summed E-state index contributed by atoms with van der Waals surface area (Å²) in [5.41, 5.74) is 7.11. The smallest absolute Gasteiger partial charge is 0.229 e. The molecule has 1 aromatic rings. The molecule has 1 fully saturated rings. The second-order valence-electron chi connectivity index (χ2n) is 5.35. The van der Waals surface area contributed by atoms with Gasteiger partial charge in [0, 0.05) is 23.9 Å². The van der Waals surface area contributed by atoms with E-state index in [2.05, 4.69) is 4.98 Å². The fourth-order valence-corrected chi connectivity index (χ4v) is 2.47. The van der Waals surface area contributed by atoms with E-state index in [1.165, 1.54) is 6.20 Å². The number of hydrogen-bond donors (Lipinski definition) is 6. The van der Waals surface area contributed by atoms with E-state index in [9.17, 15) is 25.5 Å². The van der Waals surface area contributed by atoms with E-state index < -0.39 is 37.3 Å². The summed E-state index contributed by atoms with van der Waals surface area (Å²) in [6, 6.07) is 0. The van der Waals surface area contributed by atoms with Crippen LogP contribution in [-0.2, 0) is 17.9 Å². The Morgan fingerprint density at radius 3 is 2.48 bits per heavy atom. The van der Waals surface area contributed by atoms with E-state index >= 15 is 0 Å². The van der Waals surface area contributed by atoms with Gasteiger partial charge in [-0.2, -0.15) is 0 Å². The number of pyridine rings is 1. The predicted octanol–water partition coefficient (Wildman–Crippen LogP) is -2.48. The maximum absolute atomic E-state index is 10.0. The fraction of sp³-hybridized carbons (Fsp3) is 0.643. The highest BCUT2D eigenvalue weighted by Gasteiger charge is 2.45. The van der Waals surface area contributed by atoms with Crippen molar-refractivity contribution in [1.82, 2.24) is 4.98 Å². The molecule has 130 valence electrons. The highest BCUT2D eigenvalue weighted by molar-refractivity contribution is 5.41. The maximum atomic E-state index is 10.0. The van der Waals surface area contributed by atoms with Gasteiger partial charge in [-0.3, -0.25) is 4.98 Å². The summed E-state index contributed by atoms with van der Waals surface area (Å²) >= 11 is 0. The van der Waals surface area contributed by atoms with Crippen LogP contribution >= 0.6 is 0 Å². The number of aromatic nitrogens is 1. The largest absolute Gasteiger partial charge is 0.460 e. The summed E-state index contributed by atoms with van der Waals surface area (Å²) < 4.78 is 10.9. The Hall–Kier alpha value is -1.33. The highest BCUT2D eigenvalue weighted by Crippen LogP contribution is 2.30. The Morgan fingerprint density at radius 1 is 1.22 bits per heavy atom. The Labute approximate surface area is 132 Å². The van der Waals surface area contributed by atoms with E-state index in [1.807, 2.05) is 0 Å². The van der Waals surface area contributed by atoms with Gasteiger partial charge >= 0.3 is 0 Å². The minimum atomic E-state index is -1.54. The number of nitrogens with two attached hydrogens (primary N) is 1. The number of ether oxygens (including phenoxy) is 2. The molecule has 0 saturated carbocycles. The first-order chi connectivity index (χ1) is 10.9. The summed E-state index contributed by atoms with van der Waals surface area (Å²) in [6.07, 6.45) is -5.47. The summed E-state index contributed by atoms with van der Waals surface area (Å²) in [4.78, 5) is 4.08. The van der Waals surface area contributed by atoms with Gasteiger partial charge in [0.25, 0.3) is 0 Å². The van der Waals surface area contributed by atoms with Gasteiger partial charge < -0.3 is 40.7 Å². The number of rotatable bonds is 5. The van der Waals surface area contributed by atoms with Gasteiger partial charge in [-0.15, -0.1) is 0 Å². The van der Waals surface area contributed by atoms with Crippen LogP contribution in [0.3, 0.4) is 0 Å².